The third-order valence-electron chi connectivity index (χ3n) is 2.99. The van der Waals surface area contributed by atoms with Crippen LogP contribution in [0.5, 0.6) is 5.75 Å². The Bertz CT molecular complexity index is 797. The van der Waals surface area contributed by atoms with Gasteiger partial charge < -0.3 is 14.8 Å². The summed E-state index contributed by atoms with van der Waals surface area (Å²) >= 11 is 5.81. The summed E-state index contributed by atoms with van der Waals surface area (Å²) in [5, 5.41) is 2.52. The molecule has 2 rings (SSSR count). The summed E-state index contributed by atoms with van der Waals surface area (Å²) in [5.74, 6) is -2.01. The van der Waals surface area contributed by atoms with E-state index in [0.29, 0.717) is 0 Å². The molecule has 0 radical (unpaired) electrons. The van der Waals surface area contributed by atoms with Crippen LogP contribution in [0.1, 0.15) is 17.3 Å². The van der Waals surface area contributed by atoms with E-state index in [-0.39, 0.29) is 16.4 Å². The molecule has 1 aromatic heterocycles. The van der Waals surface area contributed by atoms with E-state index in [9.17, 15) is 22.8 Å². The van der Waals surface area contributed by atoms with Gasteiger partial charge in [-0.3, -0.25) is 4.79 Å². The van der Waals surface area contributed by atoms with Crippen molar-refractivity contribution in [3.8, 4) is 5.75 Å². The fourth-order valence-electron chi connectivity index (χ4n) is 1.79. The molecule has 0 saturated heterocycles. The number of aromatic nitrogens is 1. The number of carbonyl (C=O) groups is 2. The van der Waals surface area contributed by atoms with E-state index in [2.05, 4.69) is 15.0 Å². The maximum Gasteiger partial charge on any atom is 0.573 e. The number of alkyl halides is 3. The summed E-state index contributed by atoms with van der Waals surface area (Å²) in [7, 11) is 0. The van der Waals surface area contributed by atoms with E-state index in [1.54, 1.807) is 6.07 Å². The third-order valence-corrected chi connectivity index (χ3v) is 3.29. The van der Waals surface area contributed by atoms with Gasteiger partial charge in [0.05, 0.1) is 11.3 Å². The zero-order chi connectivity index (χ0) is 19.3. The van der Waals surface area contributed by atoms with Crippen molar-refractivity contribution in [3.63, 3.8) is 0 Å². The van der Waals surface area contributed by atoms with Crippen molar-refractivity contribution >= 4 is 29.2 Å². The van der Waals surface area contributed by atoms with Crippen LogP contribution in [0.15, 0.2) is 42.6 Å². The molecule has 0 bridgehead atoms. The van der Waals surface area contributed by atoms with Crippen molar-refractivity contribution in [2.24, 2.45) is 0 Å². The summed E-state index contributed by atoms with van der Waals surface area (Å²) in [6.07, 6.45) is -4.57. The van der Waals surface area contributed by atoms with Crippen molar-refractivity contribution in [2.75, 3.05) is 5.32 Å². The quantitative estimate of drug-likeness (QED) is 0.622. The van der Waals surface area contributed by atoms with Gasteiger partial charge in [0.15, 0.2) is 11.3 Å². The van der Waals surface area contributed by atoms with Crippen molar-refractivity contribution in [3.05, 3.63) is 53.3 Å². The molecule has 1 atom stereocenters. The van der Waals surface area contributed by atoms with Crippen LogP contribution in [0.3, 0.4) is 0 Å². The molecule has 1 amide bonds. The normalized spacial score (nSPS) is 12.2. The van der Waals surface area contributed by atoms with Gasteiger partial charge in [0.2, 0.25) is 0 Å². The smallest absolute Gasteiger partial charge is 0.449 e. The van der Waals surface area contributed by atoms with Crippen LogP contribution >= 0.6 is 11.6 Å². The van der Waals surface area contributed by atoms with Gasteiger partial charge >= 0.3 is 12.3 Å². The Morgan fingerprint density at radius 3 is 2.42 bits per heavy atom. The van der Waals surface area contributed by atoms with Gasteiger partial charge in [-0.05, 0) is 43.3 Å². The van der Waals surface area contributed by atoms with Crippen molar-refractivity contribution in [2.45, 2.75) is 19.4 Å². The summed E-state index contributed by atoms with van der Waals surface area (Å²) in [4.78, 5) is 27.8. The van der Waals surface area contributed by atoms with Crippen molar-refractivity contribution in [1.29, 1.82) is 0 Å². The first-order valence-electron chi connectivity index (χ1n) is 7.14. The van der Waals surface area contributed by atoms with Crippen LogP contribution in [0.2, 0.25) is 5.15 Å². The second kappa shape index (κ2) is 8.05. The van der Waals surface area contributed by atoms with Crippen LogP contribution in [-0.2, 0) is 9.53 Å². The lowest BCUT2D eigenvalue weighted by atomic mass is 10.2. The Balaban J connectivity index is 1.96. The monoisotopic (exact) mass is 388 g/mol. The highest BCUT2D eigenvalue weighted by molar-refractivity contribution is 6.32. The van der Waals surface area contributed by atoms with Gasteiger partial charge in [0.25, 0.3) is 5.91 Å². The summed E-state index contributed by atoms with van der Waals surface area (Å²) in [5.41, 5.74) is 0.203. The zero-order valence-corrected chi connectivity index (χ0v) is 14.0. The van der Waals surface area contributed by atoms with Gasteiger partial charge in [0, 0.05) is 6.20 Å². The topological polar surface area (TPSA) is 77.5 Å². The van der Waals surface area contributed by atoms with E-state index in [4.69, 9.17) is 16.3 Å². The Morgan fingerprint density at radius 2 is 1.85 bits per heavy atom. The highest BCUT2D eigenvalue weighted by Gasteiger charge is 2.31. The lowest BCUT2D eigenvalue weighted by molar-refractivity contribution is -0.274. The van der Waals surface area contributed by atoms with E-state index in [1.807, 2.05) is 0 Å². The SMILES string of the molecule is C[C@@H](OC(=O)c1ccc(OC(F)(F)F)cc1)C(=O)Nc1cccnc1Cl. The van der Waals surface area contributed by atoms with Crippen molar-refractivity contribution in [1.82, 2.24) is 4.98 Å². The Morgan fingerprint density at radius 1 is 1.19 bits per heavy atom. The molecule has 6 nitrogen and oxygen atoms in total. The van der Waals surface area contributed by atoms with Crippen molar-refractivity contribution < 1.29 is 32.2 Å². The molecule has 0 unspecified atom stereocenters. The molecule has 1 aromatic carbocycles. The largest absolute Gasteiger partial charge is 0.573 e. The molecular formula is C16H12ClF3N2O4. The molecule has 1 heterocycles. The number of ether oxygens (including phenoxy) is 2. The average Bonchev–Trinajstić information content (AvgIpc) is 2.56. The molecule has 138 valence electrons. The minimum absolute atomic E-state index is 0.0430. The molecule has 10 heteroatoms. The number of hydrogen-bond acceptors (Lipinski definition) is 5. The van der Waals surface area contributed by atoms with Crippen LogP contribution in [0.25, 0.3) is 0 Å². The van der Waals surface area contributed by atoms with E-state index in [0.717, 1.165) is 24.3 Å². The maximum absolute atomic E-state index is 12.1. The van der Waals surface area contributed by atoms with E-state index >= 15 is 0 Å². The van der Waals surface area contributed by atoms with Crippen LogP contribution < -0.4 is 10.1 Å². The maximum atomic E-state index is 12.1. The molecule has 26 heavy (non-hydrogen) atoms. The lowest BCUT2D eigenvalue weighted by Crippen LogP contribution is -2.30. The Kier molecular flexibility index (Phi) is 6.04. The number of nitrogens with zero attached hydrogens (tertiary/aromatic N) is 1. The van der Waals surface area contributed by atoms with Crippen LogP contribution in [0, 0.1) is 0 Å². The zero-order valence-electron chi connectivity index (χ0n) is 13.2. The number of benzene rings is 1. The number of nitrogens with one attached hydrogen (secondary N) is 1. The number of carbonyl (C=O) groups excluding carboxylic acids is 2. The first-order chi connectivity index (χ1) is 12.2. The number of halogens is 4. The molecule has 0 saturated carbocycles. The standard InChI is InChI=1S/C16H12ClF3N2O4/c1-9(14(23)22-12-3-2-8-21-13(12)17)25-15(24)10-4-6-11(7-5-10)26-16(18,19)20/h2-9H,1H3,(H,22,23)/t9-/m1/s1. The third kappa shape index (κ3) is 5.62. The predicted molar refractivity (Wildman–Crippen MR) is 85.9 cm³/mol. The van der Waals surface area contributed by atoms with Crippen LogP contribution in [-0.4, -0.2) is 29.3 Å². The fraction of sp³-hybridized carbons (Fsp3) is 0.188. The van der Waals surface area contributed by atoms with Crippen LogP contribution in [0.4, 0.5) is 18.9 Å². The Hall–Kier alpha value is -2.81. The molecule has 0 aliphatic heterocycles. The molecule has 0 fully saturated rings. The van der Waals surface area contributed by atoms with E-state index < -0.39 is 30.1 Å². The number of rotatable bonds is 5. The summed E-state index contributed by atoms with van der Waals surface area (Å²) < 4.78 is 45.0. The van der Waals surface area contributed by atoms with Gasteiger partial charge in [-0.2, -0.15) is 0 Å². The second-order valence-electron chi connectivity index (χ2n) is 4.95. The molecule has 2 aromatic rings. The number of anilines is 1. The molecule has 0 aliphatic carbocycles. The van der Waals surface area contributed by atoms with Gasteiger partial charge in [-0.15, -0.1) is 13.2 Å². The highest BCUT2D eigenvalue weighted by Crippen LogP contribution is 2.23. The predicted octanol–water partition coefficient (Wildman–Crippen LogP) is 3.82. The fourth-order valence-corrected chi connectivity index (χ4v) is 1.96. The highest BCUT2D eigenvalue weighted by atomic mass is 35.5. The molecule has 0 spiro atoms. The molecule has 1 N–H and O–H groups in total. The Labute approximate surface area is 150 Å². The number of hydrogen-bond donors (Lipinski definition) is 1. The number of esters is 1. The summed E-state index contributed by atoms with van der Waals surface area (Å²) in [6, 6.07) is 7.18. The minimum atomic E-state index is -4.83. The van der Waals surface area contributed by atoms with Gasteiger partial charge in [0.1, 0.15) is 5.75 Å². The molecular weight excluding hydrogens is 377 g/mol. The minimum Gasteiger partial charge on any atom is -0.449 e. The summed E-state index contributed by atoms with van der Waals surface area (Å²) in [6.45, 7) is 1.33. The number of amides is 1. The first-order valence-corrected chi connectivity index (χ1v) is 7.51. The second-order valence-corrected chi connectivity index (χ2v) is 5.31. The average molecular weight is 389 g/mol. The molecule has 0 aliphatic rings. The first kappa shape index (κ1) is 19.5. The van der Waals surface area contributed by atoms with Gasteiger partial charge in [-0.1, -0.05) is 11.6 Å². The van der Waals surface area contributed by atoms with E-state index in [1.165, 1.54) is 19.2 Å². The van der Waals surface area contributed by atoms with Gasteiger partial charge in [-0.25, -0.2) is 9.78 Å². The number of pyridine rings is 1. The lowest BCUT2D eigenvalue weighted by Gasteiger charge is -2.14.